The average molecular weight is 242 g/mol. The van der Waals surface area contributed by atoms with Gasteiger partial charge in [-0.15, -0.1) is 11.6 Å². The molecule has 1 aromatic heterocycles. The Morgan fingerprint density at radius 1 is 1.56 bits per heavy atom. The first-order valence-electron chi connectivity index (χ1n) is 6.08. The van der Waals surface area contributed by atoms with Crippen molar-refractivity contribution in [2.75, 3.05) is 12.4 Å². The normalized spacial score (nSPS) is 16.0. The van der Waals surface area contributed by atoms with Gasteiger partial charge in [0, 0.05) is 31.6 Å². The van der Waals surface area contributed by atoms with Gasteiger partial charge in [0.25, 0.3) is 0 Å². The van der Waals surface area contributed by atoms with E-state index in [0.29, 0.717) is 0 Å². The second kappa shape index (κ2) is 5.19. The summed E-state index contributed by atoms with van der Waals surface area (Å²) in [5.74, 6) is 0.718. The van der Waals surface area contributed by atoms with Crippen LogP contribution in [0.15, 0.2) is 6.07 Å². The highest BCUT2D eigenvalue weighted by Gasteiger charge is 2.29. The molecular formula is C12H20ClN3. The number of nitrogens with zero attached hydrogens (tertiary/aromatic N) is 3. The molecule has 0 saturated heterocycles. The summed E-state index contributed by atoms with van der Waals surface area (Å²) in [6.07, 6.45) is 2.66. The maximum Gasteiger partial charge on any atom is 0.0597 e. The Kier molecular flexibility index (Phi) is 3.87. The molecule has 4 heteroatoms. The predicted octanol–water partition coefficient (Wildman–Crippen LogP) is 2.41. The van der Waals surface area contributed by atoms with Crippen LogP contribution < -0.4 is 0 Å². The molecule has 2 rings (SSSR count). The lowest BCUT2D eigenvalue weighted by atomic mass is 10.3. The molecule has 0 spiro atoms. The quantitative estimate of drug-likeness (QED) is 0.714. The predicted molar refractivity (Wildman–Crippen MR) is 66.8 cm³/mol. The minimum absolute atomic E-state index is 0.718. The van der Waals surface area contributed by atoms with E-state index >= 15 is 0 Å². The van der Waals surface area contributed by atoms with Crippen LogP contribution in [0.1, 0.15) is 31.2 Å². The minimum atomic E-state index is 0.718. The van der Waals surface area contributed by atoms with Gasteiger partial charge in [-0.3, -0.25) is 9.58 Å². The molecule has 0 N–H and O–H groups in total. The van der Waals surface area contributed by atoms with Crippen molar-refractivity contribution in [2.24, 2.45) is 0 Å². The largest absolute Gasteiger partial charge is 0.293 e. The summed E-state index contributed by atoms with van der Waals surface area (Å²) in [7, 11) is 0. The Hall–Kier alpha value is -0.540. The van der Waals surface area contributed by atoms with Gasteiger partial charge in [-0.1, -0.05) is 0 Å². The van der Waals surface area contributed by atoms with Crippen molar-refractivity contribution in [2.45, 2.75) is 45.8 Å². The Labute approximate surface area is 102 Å². The van der Waals surface area contributed by atoms with Crippen molar-refractivity contribution in [3.8, 4) is 0 Å². The van der Waals surface area contributed by atoms with Crippen LogP contribution in [0.2, 0.25) is 0 Å². The molecule has 0 atom stereocenters. The second-order valence-corrected chi connectivity index (χ2v) is 4.86. The fraction of sp³-hybridized carbons (Fsp3) is 0.750. The van der Waals surface area contributed by atoms with Gasteiger partial charge in [-0.05, 0) is 32.8 Å². The van der Waals surface area contributed by atoms with Gasteiger partial charge in [0.05, 0.1) is 11.4 Å². The first-order chi connectivity index (χ1) is 7.74. The van der Waals surface area contributed by atoms with Crippen molar-refractivity contribution in [3.63, 3.8) is 0 Å². The number of hydrogen-bond acceptors (Lipinski definition) is 2. The summed E-state index contributed by atoms with van der Waals surface area (Å²) in [5, 5.41) is 4.48. The van der Waals surface area contributed by atoms with Crippen molar-refractivity contribution >= 4 is 11.6 Å². The van der Waals surface area contributed by atoms with E-state index in [-0.39, 0.29) is 0 Å². The zero-order valence-corrected chi connectivity index (χ0v) is 10.9. The Morgan fingerprint density at radius 3 is 2.88 bits per heavy atom. The van der Waals surface area contributed by atoms with Gasteiger partial charge in [-0.25, -0.2) is 0 Å². The smallest absolute Gasteiger partial charge is 0.0597 e. The number of aryl methyl sites for hydroxylation is 2. The van der Waals surface area contributed by atoms with Crippen LogP contribution in [0.25, 0.3) is 0 Å². The Bertz CT molecular complexity index is 344. The lowest BCUT2D eigenvalue weighted by molar-refractivity contribution is 0.262. The molecule has 1 aliphatic rings. The highest BCUT2D eigenvalue weighted by Crippen LogP contribution is 2.28. The van der Waals surface area contributed by atoms with Crippen molar-refractivity contribution in [1.82, 2.24) is 14.7 Å². The summed E-state index contributed by atoms with van der Waals surface area (Å²) < 4.78 is 2.10. The number of halogens is 1. The molecular weight excluding hydrogens is 222 g/mol. The molecule has 0 aromatic carbocycles. The van der Waals surface area contributed by atoms with Gasteiger partial charge in [0.1, 0.15) is 0 Å². The molecule has 90 valence electrons. The third-order valence-corrected chi connectivity index (χ3v) is 3.25. The fourth-order valence-electron chi connectivity index (χ4n) is 2.15. The third kappa shape index (κ3) is 2.77. The van der Waals surface area contributed by atoms with E-state index in [0.717, 1.165) is 37.3 Å². The van der Waals surface area contributed by atoms with Gasteiger partial charge < -0.3 is 0 Å². The highest BCUT2D eigenvalue weighted by molar-refractivity contribution is 6.18. The SMILES string of the molecule is CCn1nc(C)cc1CN(CCCl)C1CC1. The van der Waals surface area contributed by atoms with Gasteiger partial charge >= 0.3 is 0 Å². The zero-order valence-electron chi connectivity index (χ0n) is 10.1. The van der Waals surface area contributed by atoms with Gasteiger partial charge in [0.2, 0.25) is 0 Å². The first-order valence-corrected chi connectivity index (χ1v) is 6.61. The fourth-order valence-corrected chi connectivity index (χ4v) is 2.36. The maximum absolute atomic E-state index is 5.85. The molecule has 1 saturated carbocycles. The van der Waals surface area contributed by atoms with E-state index in [4.69, 9.17) is 11.6 Å². The van der Waals surface area contributed by atoms with Gasteiger partial charge in [-0.2, -0.15) is 5.10 Å². The van der Waals surface area contributed by atoms with Crippen LogP contribution in [0.5, 0.6) is 0 Å². The van der Waals surface area contributed by atoms with Crippen molar-refractivity contribution in [3.05, 3.63) is 17.5 Å². The molecule has 0 unspecified atom stereocenters. The second-order valence-electron chi connectivity index (χ2n) is 4.48. The Balaban J connectivity index is 2.04. The van der Waals surface area contributed by atoms with Crippen LogP contribution in [0.4, 0.5) is 0 Å². The highest BCUT2D eigenvalue weighted by atomic mass is 35.5. The number of rotatable bonds is 6. The molecule has 0 amide bonds. The lowest BCUT2D eigenvalue weighted by Gasteiger charge is -2.20. The molecule has 1 aromatic rings. The van der Waals surface area contributed by atoms with Crippen molar-refractivity contribution in [1.29, 1.82) is 0 Å². The maximum atomic E-state index is 5.85. The monoisotopic (exact) mass is 241 g/mol. The molecule has 16 heavy (non-hydrogen) atoms. The van der Waals surface area contributed by atoms with Crippen LogP contribution in [0.3, 0.4) is 0 Å². The van der Waals surface area contributed by atoms with Crippen LogP contribution in [-0.4, -0.2) is 33.1 Å². The van der Waals surface area contributed by atoms with E-state index < -0.39 is 0 Å². The van der Waals surface area contributed by atoms with Crippen LogP contribution in [-0.2, 0) is 13.1 Å². The third-order valence-electron chi connectivity index (χ3n) is 3.09. The lowest BCUT2D eigenvalue weighted by Crippen LogP contribution is -2.28. The number of aromatic nitrogens is 2. The zero-order chi connectivity index (χ0) is 11.5. The standard InChI is InChI=1S/C12H20ClN3/c1-3-16-12(8-10(2)14-16)9-15(7-6-13)11-4-5-11/h8,11H,3-7,9H2,1-2H3. The summed E-state index contributed by atoms with van der Waals surface area (Å²) in [5.41, 5.74) is 2.43. The molecule has 1 fully saturated rings. The van der Waals surface area contributed by atoms with E-state index in [1.165, 1.54) is 18.5 Å². The molecule has 1 heterocycles. The van der Waals surface area contributed by atoms with Gasteiger partial charge in [0.15, 0.2) is 0 Å². The van der Waals surface area contributed by atoms with Crippen LogP contribution in [0, 0.1) is 6.92 Å². The molecule has 0 bridgehead atoms. The summed E-state index contributed by atoms with van der Waals surface area (Å²) in [6.45, 7) is 7.12. The van der Waals surface area contributed by atoms with E-state index in [2.05, 4.69) is 34.6 Å². The number of alkyl halides is 1. The van der Waals surface area contributed by atoms with Crippen LogP contribution >= 0.6 is 11.6 Å². The first kappa shape index (κ1) is 11.9. The van der Waals surface area contributed by atoms with E-state index in [1.807, 2.05) is 0 Å². The molecule has 3 nitrogen and oxygen atoms in total. The van der Waals surface area contributed by atoms with E-state index in [9.17, 15) is 0 Å². The number of hydrogen-bond donors (Lipinski definition) is 0. The Morgan fingerprint density at radius 2 is 2.31 bits per heavy atom. The molecule has 1 aliphatic carbocycles. The minimum Gasteiger partial charge on any atom is -0.293 e. The summed E-state index contributed by atoms with van der Waals surface area (Å²) in [4.78, 5) is 2.48. The van der Waals surface area contributed by atoms with E-state index in [1.54, 1.807) is 0 Å². The van der Waals surface area contributed by atoms with Crippen molar-refractivity contribution < 1.29 is 0 Å². The average Bonchev–Trinajstić information content (AvgIpc) is 3.03. The topological polar surface area (TPSA) is 21.1 Å². The molecule has 0 aliphatic heterocycles. The molecule has 0 radical (unpaired) electrons. The summed E-state index contributed by atoms with van der Waals surface area (Å²) >= 11 is 5.85. The summed E-state index contributed by atoms with van der Waals surface area (Å²) in [6, 6.07) is 2.95.